The Morgan fingerprint density at radius 3 is 2.16 bits per heavy atom. The first-order chi connectivity index (χ1) is 15.4. The van der Waals surface area contributed by atoms with Crippen molar-refractivity contribution in [1.29, 1.82) is 0 Å². The fourth-order valence-electron chi connectivity index (χ4n) is 3.69. The summed E-state index contributed by atoms with van der Waals surface area (Å²) in [5.74, 6) is -0.199. The van der Waals surface area contributed by atoms with Crippen molar-refractivity contribution in [2.24, 2.45) is 0 Å². The Balaban J connectivity index is 1.43. The van der Waals surface area contributed by atoms with Crippen LogP contribution in [0.25, 0.3) is 0 Å². The van der Waals surface area contributed by atoms with Crippen LogP contribution in [0.15, 0.2) is 83.8 Å². The number of hydrogen-bond donors (Lipinski definition) is 1. The summed E-state index contributed by atoms with van der Waals surface area (Å²) in [5.41, 5.74) is 1.83. The minimum Gasteiger partial charge on any atom is -0.336 e. The van der Waals surface area contributed by atoms with Crippen LogP contribution in [0.2, 0.25) is 5.02 Å². The molecule has 1 amide bonds. The van der Waals surface area contributed by atoms with E-state index in [1.54, 1.807) is 35.2 Å². The van der Waals surface area contributed by atoms with E-state index in [9.17, 15) is 13.2 Å². The lowest BCUT2D eigenvalue weighted by Crippen LogP contribution is -2.48. The molecule has 1 fully saturated rings. The molecular weight excluding hydrogens is 446 g/mol. The molecule has 6 nitrogen and oxygen atoms in total. The maximum atomic E-state index is 13.1. The lowest BCUT2D eigenvalue weighted by atomic mass is 10.1. The maximum Gasteiger partial charge on any atom is 0.261 e. The second-order valence-corrected chi connectivity index (χ2v) is 9.76. The molecule has 1 aliphatic rings. The van der Waals surface area contributed by atoms with Crippen LogP contribution in [0.5, 0.6) is 0 Å². The van der Waals surface area contributed by atoms with Gasteiger partial charge in [-0.15, -0.1) is 0 Å². The van der Waals surface area contributed by atoms with Gasteiger partial charge in [0, 0.05) is 38.4 Å². The number of amides is 1. The lowest BCUT2D eigenvalue weighted by molar-refractivity contribution is 0.0628. The minimum atomic E-state index is -3.76. The van der Waals surface area contributed by atoms with Gasteiger partial charge in [0.15, 0.2) is 0 Å². The molecule has 32 heavy (non-hydrogen) atoms. The van der Waals surface area contributed by atoms with Crippen LogP contribution in [0.1, 0.15) is 15.9 Å². The van der Waals surface area contributed by atoms with Crippen LogP contribution >= 0.6 is 11.6 Å². The molecule has 0 bridgehead atoms. The van der Waals surface area contributed by atoms with E-state index in [4.69, 9.17) is 11.6 Å². The van der Waals surface area contributed by atoms with E-state index in [0.29, 0.717) is 23.8 Å². The summed E-state index contributed by atoms with van der Waals surface area (Å²) in [5, 5.41) is 0.296. The van der Waals surface area contributed by atoms with Crippen molar-refractivity contribution in [1.82, 2.24) is 9.80 Å². The smallest absolute Gasteiger partial charge is 0.261 e. The van der Waals surface area contributed by atoms with Crippen LogP contribution < -0.4 is 4.72 Å². The molecule has 1 N–H and O–H groups in total. The zero-order valence-electron chi connectivity index (χ0n) is 17.4. The van der Waals surface area contributed by atoms with E-state index in [1.807, 2.05) is 18.2 Å². The predicted octanol–water partition coefficient (Wildman–Crippen LogP) is 4.10. The molecule has 0 atom stereocenters. The number of piperazine rings is 1. The van der Waals surface area contributed by atoms with Gasteiger partial charge in [0.05, 0.1) is 15.5 Å². The third kappa shape index (κ3) is 5.30. The van der Waals surface area contributed by atoms with Gasteiger partial charge < -0.3 is 4.90 Å². The average molecular weight is 470 g/mol. The standard InChI is InChI=1S/C24H24ClN3O3S/c25-23-12-11-20(26-32(30,31)21-9-5-2-6-10-21)17-22(23)24(29)28-15-13-27(14-16-28)18-19-7-3-1-4-8-19/h1-12,17,26H,13-16,18H2. The lowest BCUT2D eigenvalue weighted by Gasteiger charge is -2.35. The van der Waals surface area contributed by atoms with Crippen LogP contribution in [0.4, 0.5) is 5.69 Å². The van der Waals surface area contributed by atoms with E-state index in [-0.39, 0.29) is 16.4 Å². The number of carbonyl (C=O) groups excluding carboxylic acids is 1. The summed E-state index contributed by atoms with van der Waals surface area (Å²) in [4.78, 5) is 17.3. The highest BCUT2D eigenvalue weighted by Crippen LogP contribution is 2.25. The van der Waals surface area contributed by atoms with E-state index in [2.05, 4.69) is 21.8 Å². The third-order valence-corrected chi connectivity index (χ3v) is 7.14. The zero-order valence-corrected chi connectivity index (χ0v) is 19.0. The number of rotatable bonds is 6. The molecule has 0 aliphatic carbocycles. The fourth-order valence-corrected chi connectivity index (χ4v) is 4.96. The summed E-state index contributed by atoms with van der Waals surface area (Å²) < 4.78 is 27.7. The molecule has 1 aliphatic heterocycles. The molecule has 8 heteroatoms. The zero-order chi connectivity index (χ0) is 22.6. The molecule has 0 unspecified atom stereocenters. The molecule has 0 aromatic heterocycles. The average Bonchev–Trinajstić information content (AvgIpc) is 2.81. The quantitative estimate of drug-likeness (QED) is 0.590. The highest BCUT2D eigenvalue weighted by Gasteiger charge is 2.24. The summed E-state index contributed by atoms with van der Waals surface area (Å²) in [6, 6.07) is 22.9. The number of hydrogen-bond acceptors (Lipinski definition) is 4. The Kier molecular flexibility index (Phi) is 6.79. The van der Waals surface area contributed by atoms with Gasteiger partial charge in [-0.25, -0.2) is 8.42 Å². The monoisotopic (exact) mass is 469 g/mol. The first kappa shape index (κ1) is 22.3. The van der Waals surface area contributed by atoms with Crippen LogP contribution in [-0.2, 0) is 16.6 Å². The largest absolute Gasteiger partial charge is 0.336 e. The van der Waals surface area contributed by atoms with Gasteiger partial charge >= 0.3 is 0 Å². The van der Waals surface area contributed by atoms with Crippen molar-refractivity contribution in [2.45, 2.75) is 11.4 Å². The van der Waals surface area contributed by atoms with E-state index < -0.39 is 10.0 Å². The highest BCUT2D eigenvalue weighted by atomic mass is 35.5. The topological polar surface area (TPSA) is 69.7 Å². The van der Waals surface area contributed by atoms with Crippen LogP contribution in [0.3, 0.4) is 0 Å². The predicted molar refractivity (Wildman–Crippen MR) is 126 cm³/mol. The normalized spacial score (nSPS) is 14.8. The van der Waals surface area contributed by atoms with E-state index in [0.717, 1.165) is 19.6 Å². The van der Waals surface area contributed by atoms with Crippen molar-refractivity contribution in [3.05, 3.63) is 95.0 Å². The Morgan fingerprint density at radius 1 is 0.875 bits per heavy atom. The van der Waals surface area contributed by atoms with Gasteiger partial charge in [0.2, 0.25) is 0 Å². The van der Waals surface area contributed by atoms with Crippen molar-refractivity contribution < 1.29 is 13.2 Å². The summed E-state index contributed by atoms with van der Waals surface area (Å²) in [6.45, 7) is 3.54. The molecule has 0 spiro atoms. The molecule has 3 aromatic rings. The molecule has 166 valence electrons. The summed E-state index contributed by atoms with van der Waals surface area (Å²) in [6.07, 6.45) is 0. The molecule has 0 saturated carbocycles. The van der Waals surface area contributed by atoms with Crippen molar-refractivity contribution in [2.75, 3.05) is 30.9 Å². The molecule has 1 saturated heterocycles. The van der Waals surface area contributed by atoms with E-state index >= 15 is 0 Å². The number of nitrogens with one attached hydrogen (secondary N) is 1. The number of anilines is 1. The Bertz CT molecular complexity index is 1180. The summed E-state index contributed by atoms with van der Waals surface area (Å²) in [7, 11) is -3.76. The fraction of sp³-hybridized carbons (Fsp3) is 0.208. The van der Waals surface area contributed by atoms with Crippen molar-refractivity contribution in [3.63, 3.8) is 0 Å². The molecule has 0 radical (unpaired) electrons. The Morgan fingerprint density at radius 2 is 1.50 bits per heavy atom. The van der Waals surface area contributed by atoms with Gasteiger partial charge in [-0.1, -0.05) is 60.1 Å². The van der Waals surface area contributed by atoms with Gasteiger partial charge in [-0.05, 0) is 35.9 Å². The Hall–Kier alpha value is -2.87. The third-order valence-electron chi connectivity index (χ3n) is 5.41. The maximum absolute atomic E-state index is 13.1. The van der Waals surface area contributed by atoms with Crippen molar-refractivity contribution >= 4 is 33.2 Å². The number of nitrogens with zero attached hydrogens (tertiary/aromatic N) is 2. The minimum absolute atomic E-state index is 0.150. The molecule has 4 rings (SSSR count). The highest BCUT2D eigenvalue weighted by molar-refractivity contribution is 7.92. The van der Waals surface area contributed by atoms with E-state index in [1.165, 1.54) is 23.8 Å². The first-order valence-corrected chi connectivity index (χ1v) is 12.2. The number of halogens is 1. The second kappa shape index (κ2) is 9.73. The van der Waals surface area contributed by atoms with Gasteiger partial charge in [0.25, 0.3) is 15.9 Å². The molecular formula is C24H24ClN3O3S. The van der Waals surface area contributed by atoms with Gasteiger partial charge in [-0.2, -0.15) is 0 Å². The van der Waals surface area contributed by atoms with Gasteiger partial charge in [0.1, 0.15) is 0 Å². The Labute approximate surface area is 193 Å². The van der Waals surface area contributed by atoms with Crippen molar-refractivity contribution in [3.8, 4) is 0 Å². The van der Waals surface area contributed by atoms with Crippen LogP contribution in [-0.4, -0.2) is 50.3 Å². The molecule has 1 heterocycles. The van der Waals surface area contributed by atoms with Gasteiger partial charge in [-0.3, -0.25) is 14.4 Å². The number of benzene rings is 3. The number of carbonyl (C=O) groups is 1. The summed E-state index contributed by atoms with van der Waals surface area (Å²) >= 11 is 6.30. The second-order valence-electron chi connectivity index (χ2n) is 7.67. The number of sulfonamides is 1. The SMILES string of the molecule is O=C(c1cc(NS(=O)(=O)c2ccccc2)ccc1Cl)N1CCN(Cc2ccccc2)CC1. The molecule has 3 aromatic carbocycles. The first-order valence-electron chi connectivity index (χ1n) is 10.4. The van der Waals surface area contributed by atoms with Crippen LogP contribution in [0, 0.1) is 0 Å².